The minimum absolute atomic E-state index is 0.0707. The minimum Gasteiger partial charge on any atom is -0.481 e. The molecule has 0 aliphatic carbocycles. The molecule has 0 spiro atoms. The standard InChI is InChI=1S/C12H16O3/c1-2-3-4-7-12(11(13)14)8-9-5-6-10(12)15-9/h9-10H,4-8H2,1H3,(H,13,14). The molecule has 2 saturated heterocycles. The summed E-state index contributed by atoms with van der Waals surface area (Å²) in [5.41, 5.74) is -0.646. The molecule has 0 aromatic carbocycles. The van der Waals surface area contributed by atoms with Crippen LogP contribution < -0.4 is 0 Å². The molecule has 0 amide bonds. The van der Waals surface area contributed by atoms with Gasteiger partial charge in [-0.25, -0.2) is 0 Å². The summed E-state index contributed by atoms with van der Waals surface area (Å²) in [7, 11) is 0. The van der Waals surface area contributed by atoms with Gasteiger partial charge in [0, 0.05) is 6.42 Å². The van der Waals surface area contributed by atoms with Crippen LogP contribution in [0.1, 0.15) is 39.0 Å². The van der Waals surface area contributed by atoms with Gasteiger partial charge in [-0.05, 0) is 32.6 Å². The predicted octanol–water partition coefficient (Wildman–Crippen LogP) is 1.81. The molecule has 15 heavy (non-hydrogen) atoms. The Labute approximate surface area is 89.8 Å². The van der Waals surface area contributed by atoms with Crippen molar-refractivity contribution in [3.8, 4) is 11.8 Å². The Kier molecular flexibility index (Phi) is 2.70. The van der Waals surface area contributed by atoms with Crippen LogP contribution in [-0.4, -0.2) is 23.3 Å². The molecule has 3 unspecified atom stereocenters. The van der Waals surface area contributed by atoms with Gasteiger partial charge in [-0.15, -0.1) is 11.8 Å². The minimum atomic E-state index is -0.701. The molecule has 82 valence electrons. The van der Waals surface area contributed by atoms with Crippen molar-refractivity contribution in [1.29, 1.82) is 0 Å². The van der Waals surface area contributed by atoms with E-state index in [0.717, 1.165) is 12.8 Å². The molecule has 3 heteroatoms. The summed E-state index contributed by atoms with van der Waals surface area (Å²) >= 11 is 0. The number of carboxylic acid groups (broad SMARTS) is 1. The Morgan fingerprint density at radius 1 is 1.60 bits per heavy atom. The van der Waals surface area contributed by atoms with E-state index in [4.69, 9.17) is 4.74 Å². The molecular weight excluding hydrogens is 192 g/mol. The zero-order valence-electron chi connectivity index (χ0n) is 8.95. The number of carbonyl (C=O) groups is 1. The number of aliphatic carboxylic acids is 1. The molecular formula is C12H16O3. The summed E-state index contributed by atoms with van der Waals surface area (Å²) in [6.07, 6.45) is 4.01. The van der Waals surface area contributed by atoms with Crippen LogP contribution >= 0.6 is 0 Å². The number of fused-ring (bicyclic) bond motifs is 2. The van der Waals surface area contributed by atoms with Gasteiger partial charge in [0.2, 0.25) is 0 Å². The Morgan fingerprint density at radius 3 is 2.87 bits per heavy atom. The molecule has 1 N–H and O–H groups in total. The van der Waals surface area contributed by atoms with E-state index in [9.17, 15) is 9.90 Å². The van der Waals surface area contributed by atoms with E-state index in [0.29, 0.717) is 19.3 Å². The van der Waals surface area contributed by atoms with E-state index in [1.54, 1.807) is 6.92 Å². The largest absolute Gasteiger partial charge is 0.481 e. The Balaban J connectivity index is 2.10. The maximum absolute atomic E-state index is 11.4. The average Bonchev–Trinajstić information content (AvgIpc) is 2.78. The quantitative estimate of drug-likeness (QED) is 0.719. The fraction of sp³-hybridized carbons (Fsp3) is 0.750. The second-order valence-corrected chi connectivity index (χ2v) is 4.42. The lowest BCUT2D eigenvalue weighted by molar-refractivity contribution is -0.152. The number of ether oxygens (including phenoxy) is 1. The number of hydrogen-bond acceptors (Lipinski definition) is 2. The topological polar surface area (TPSA) is 46.5 Å². The third-order valence-corrected chi connectivity index (χ3v) is 3.61. The van der Waals surface area contributed by atoms with Crippen LogP contribution in [0, 0.1) is 17.3 Å². The van der Waals surface area contributed by atoms with Gasteiger partial charge in [0.1, 0.15) is 0 Å². The Bertz CT molecular complexity index is 325. The highest BCUT2D eigenvalue weighted by molar-refractivity contribution is 5.76. The summed E-state index contributed by atoms with van der Waals surface area (Å²) in [4.78, 5) is 11.4. The van der Waals surface area contributed by atoms with E-state index in [1.807, 2.05) is 0 Å². The fourth-order valence-electron chi connectivity index (χ4n) is 2.81. The van der Waals surface area contributed by atoms with E-state index in [2.05, 4.69) is 11.8 Å². The molecule has 2 rings (SSSR count). The smallest absolute Gasteiger partial charge is 0.312 e. The molecule has 2 fully saturated rings. The summed E-state index contributed by atoms with van der Waals surface area (Å²) in [6.45, 7) is 1.78. The van der Waals surface area contributed by atoms with Crippen molar-refractivity contribution in [2.45, 2.75) is 51.2 Å². The fourth-order valence-corrected chi connectivity index (χ4v) is 2.81. The van der Waals surface area contributed by atoms with Gasteiger partial charge in [0.25, 0.3) is 0 Å². The van der Waals surface area contributed by atoms with Crippen LogP contribution in [0.3, 0.4) is 0 Å². The highest BCUT2D eigenvalue weighted by Crippen LogP contribution is 2.50. The van der Waals surface area contributed by atoms with Crippen molar-refractivity contribution in [3.63, 3.8) is 0 Å². The lowest BCUT2D eigenvalue weighted by Crippen LogP contribution is -2.40. The summed E-state index contributed by atoms with van der Waals surface area (Å²) in [5.74, 6) is 5.05. The first-order valence-electron chi connectivity index (χ1n) is 5.47. The van der Waals surface area contributed by atoms with Gasteiger partial charge in [-0.1, -0.05) is 0 Å². The summed E-state index contributed by atoms with van der Waals surface area (Å²) < 4.78 is 5.65. The van der Waals surface area contributed by atoms with Crippen LogP contribution in [0.4, 0.5) is 0 Å². The molecule has 2 heterocycles. The molecule has 2 aliphatic heterocycles. The average molecular weight is 208 g/mol. The maximum atomic E-state index is 11.4. The van der Waals surface area contributed by atoms with Crippen molar-refractivity contribution >= 4 is 5.97 Å². The molecule has 0 aromatic heterocycles. The first kappa shape index (κ1) is 10.5. The van der Waals surface area contributed by atoms with E-state index in [-0.39, 0.29) is 12.2 Å². The van der Waals surface area contributed by atoms with E-state index in [1.165, 1.54) is 0 Å². The van der Waals surface area contributed by atoms with Gasteiger partial charge in [0.05, 0.1) is 17.6 Å². The summed E-state index contributed by atoms with van der Waals surface area (Å²) in [6, 6.07) is 0. The third-order valence-electron chi connectivity index (χ3n) is 3.61. The van der Waals surface area contributed by atoms with Crippen molar-refractivity contribution in [3.05, 3.63) is 0 Å². The second-order valence-electron chi connectivity index (χ2n) is 4.42. The van der Waals surface area contributed by atoms with Crippen LogP contribution in [0.25, 0.3) is 0 Å². The van der Waals surface area contributed by atoms with Crippen LogP contribution in [0.15, 0.2) is 0 Å². The van der Waals surface area contributed by atoms with Crippen molar-refractivity contribution in [2.24, 2.45) is 5.41 Å². The predicted molar refractivity (Wildman–Crippen MR) is 55.3 cm³/mol. The zero-order valence-corrected chi connectivity index (χ0v) is 8.95. The Hall–Kier alpha value is -1.01. The van der Waals surface area contributed by atoms with Crippen molar-refractivity contribution in [1.82, 2.24) is 0 Å². The third kappa shape index (κ3) is 1.63. The number of hydrogen-bond donors (Lipinski definition) is 1. The van der Waals surface area contributed by atoms with Gasteiger partial charge < -0.3 is 9.84 Å². The lowest BCUT2D eigenvalue weighted by Gasteiger charge is -2.30. The second kappa shape index (κ2) is 3.86. The van der Waals surface area contributed by atoms with Gasteiger partial charge in [0.15, 0.2) is 0 Å². The van der Waals surface area contributed by atoms with Gasteiger partial charge in [-0.2, -0.15) is 0 Å². The maximum Gasteiger partial charge on any atom is 0.312 e. The molecule has 2 bridgehead atoms. The molecule has 3 atom stereocenters. The molecule has 0 aromatic rings. The van der Waals surface area contributed by atoms with Crippen molar-refractivity contribution < 1.29 is 14.6 Å². The molecule has 3 nitrogen and oxygen atoms in total. The highest BCUT2D eigenvalue weighted by atomic mass is 16.5. The first-order valence-corrected chi connectivity index (χ1v) is 5.47. The Morgan fingerprint density at radius 2 is 2.40 bits per heavy atom. The van der Waals surface area contributed by atoms with Crippen LogP contribution in [0.2, 0.25) is 0 Å². The monoisotopic (exact) mass is 208 g/mol. The SMILES string of the molecule is CC#CCCC1(C(=O)O)CC2CCC1O2. The van der Waals surface area contributed by atoms with Gasteiger partial charge >= 0.3 is 5.97 Å². The lowest BCUT2D eigenvalue weighted by atomic mass is 9.71. The van der Waals surface area contributed by atoms with Gasteiger partial charge in [-0.3, -0.25) is 4.79 Å². The normalized spacial score (nSPS) is 37.4. The van der Waals surface area contributed by atoms with Crippen LogP contribution in [-0.2, 0) is 9.53 Å². The number of rotatable bonds is 3. The molecule has 0 saturated carbocycles. The molecule has 0 radical (unpaired) electrons. The zero-order chi connectivity index (χ0) is 10.9. The van der Waals surface area contributed by atoms with Crippen LogP contribution in [0.5, 0.6) is 0 Å². The van der Waals surface area contributed by atoms with E-state index < -0.39 is 11.4 Å². The van der Waals surface area contributed by atoms with Crippen molar-refractivity contribution in [2.75, 3.05) is 0 Å². The highest BCUT2D eigenvalue weighted by Gasteiger charge is 2.56. The van der Waals surface area contributed by atoms with E-state index >= 15 is 0 Å². The number of carboxylic acids is 1. The summed E-state index contributed by atoms with van der Waals surface area (Å²) in [5, 5.41) is 9.36. The first-order chi connectivity index (χ1) is 7.19. The molecule has 2 aliphatic rings.